The van der Waals surface area contributed by atoms with Crippen molar-refractivity contribution in [3.63, 3.8) is 0 Å². The molecule has 0 radical (unpaired) electrons. The number of nitrogens with one attached hydrogen (secondary N) is 1. The second-order valence-corrected chi connectivity index (χ2v) is 8.30. The molecule has 0 aliphatic heterocycles. The molecule has 0 aliphatic carbocycles. The third-order valence-corrected chi connectivity index (χ3v) is 6.04. The van der Waals surface area contributed by atoms with E-state index in [-0.39, 0.29) is 17.9 Å². The molecule has 0 atom stereocenters. The van der Waals surface area contributed by atoms with Crippen molar-refractivity contribution in [3.05, 3.63) is 96.6 Å². The number of carbonyl (C=O) groups is 1. The van der Waals surface area contributed by atoms with Crippen LogP contribution in [0.3, 0.4) is 0 Å². The van der Waals surface area contributed by atoms with Gasteiger partial charge in [-0.1, -0.05) is 35.3 Å². The van der Waals surface area contributed by atoms with E-state index in [1.54, 1.807) is 37.1 Å². The van der Waals surface area contributed by atoms with Crippen LogP contribution in [0.2, 0.25) is 10.0 Å². The lowest BCUT2D eigenvalue weighted by atomic mass is 9.98. The Morgan fingerprint density at radius 3 is 2.59 bits per heavy atom. The first-order valence-corrected chi connectivity index (χ1v) is 10.8. The normalized spacial score (nSPS) is 10.6. The van der Waals surface area contributed by atoms with Gasteiger partial charge in [0.25, 0.3) is 5.56 Å². The van der Waals surface area contributed by atoms with Crippen molar-refractivity contribution in [3.8, 4) is 6.07 Å². The highest BCUT2D eigenvalue weighted by molar-refractivity contribution is 6.42. The van der Waals surface area contributed by atoms with Crippen LogP contribution in [0.15, 0.2) is 47.4 Å². The molecule has 32 heavy (non-hydrogen) atoms. The number of rotatable bonds is 7. The van der Waals surface area contributed by atoms with E-state index in [0.717, 1.165) is 16.8 Å². The SMILES string of the molecule is Cc1[nH]c(=O)c(C#N)c(C)c1CCC(=O)N(Cc1ccc(Cl)c(Cl)c1)Cc1ccccn1. The first-order valence-electron chi connectivity index (χ1n) is 10.0. The molecule has 0 saturated carbocycles. The summed E-state index contributed by atoms with van der Waals surface area (Å²) in [7, 11) is 0. The lowest BCUT2D eigenvalue weighted by Gasteiger charge is -2.23. The predicted molar refractivity (Wildman–Crippen MR) is 125 cm³/mol. The molecule has 6 nitrogen and oxygen atoms in total. The number of hydrogen-bond acceptors (Lipinski definition) is 4. The van der Waals surface area contributed by atoms with Crippen LogP contribution < -0.4 is 5.56 Å². The van der Waals surface area contributed by atoms with Crippen molar-refractivity contribution in [1.82, 2.24) is 14.9 Å². The zero-order chi connectivity index (χ0) is 23.3. The molecule has 1 amide bonds. The number of hydrogen-bond donors (Lipinski definition) is 1. The van der Waals surface area contributed by atoms with Crippen LogP contribution in [0.5, 0.6) is 0 Å². The Morgan fingerprint density at radius 2 is 1.94 bits per heavy atom. The minimum absolute atomic E-state index is 0.0785. The topological polar surface area (TPSA) is 89.8 Å². The molecule has 0 aliphatic rings. The van der Waals surface area contributed by atoms with Gasteiger partial charge < -0.3 is 9.88 Å². The van der Waals surface area contributed by atoms with Gasteiger partial charge in [0.1, 0.15) is 11.6 Å². The molecular formula is C24H22Cl2N4O2. The first-order chi connectivity index (χ1) is 15.3. The monoisotopic (exact) mass is 468 g/mol. The van der Waals surface area contributed by atoms with Gasteiger partial charge in [0, 0.05) is 24.9 Å². The maximum atomic E-state index is 13.2. The molecule has 1 aromatic carbocycles. The van der Waals surface area contributed by atoms with Crippen LogP contribution >= 0.6 is 23.2 Å². The number of aromatic amines is 1. The van der Waals surface area contributed by atoms with Crippen LogP contribution in [0.25, 0.3) is 0 Å². The molecule has 1 N–H and O–H groups in total. The van der Waals surface area contributed by atoms with E-state index in [4.69, 9.17) is 23.2 Å². The summed E-state index contributed by atoms with van der Waals surface area (Å²) in [5.41, 5.74) is 3.38. The Morgan fingerprint density at radius 1 is 1.16 bits per heavy atom. The Labute approximate surface area is 196 Å². The van der Waals surface area contributed by atoms with Gasteiger partial charge in [-0.3, -0.25) is 14.6 Å². The number of nitrogens with zero attached hydrogens (tertiary/aromatic N) is 3. The number of nitriles is 1. The number of H-pyrrole nitrogens is 1. The zero-order valence-electron chi connectivity index (χ0n) is 17.8. The lowest BCUT2D eigenvalue weighted by Crippen LogP contribution is -2.31. The molecule has 2 aromatic heterocycles. The summed E-state index contributed by atoms with van der Waals surface area (Å²) in [6.07, 6.45) is 2.31. The van der Waals surface area contributed by atoms with Gasteiger partial charge >= 0.3 is 0 Å². The quantitative estimate of drug-likeness (QED) is 0.542. The van der Waals surface area contributed by atoms with Crippen molar-refractivity contribution in [2.45, 2.75) is 39.8 Å². The summed E-state index contributed by atoms with van der Waals surface area (Å²) in [4.78, 5) is 33.9. The van der Waals surface area contributed by atoms with Gasteiger partial charge in [-0.25, -0.2) is 0 Å². The molecule has 0 spiro atoms. The second kappa shape index (κ2) is 10.4. The highest BCUT2D eigenvalue weighted by atomic mass is 35.5. The Hall–Kier alpha value is -3.14. The first kappa shape index (κ1) is 23.5. The lowest BCUT2D eigenvalue weighted by molar-refractivity contribution is -0.132. The smallest absolute Gasteiger partial charge is 0.266 e. The van der Waals surface area contributed by atoms with Gasteiger partial charge in [0.05, 0.1) is 22.3 Å². The second-order valence-electron chi connectivity index (χ2n) is 7.49. The number of halogens is 2. The average Bonchev–Trinajstić information content (AvgIpc) is 2.76. The Bertz CT molecular complexity index is 1230. The van der Waals surface area contributed by atoms with Gasteiger partial charge in [0.2, 0.25) is 5.91 Å². The van der Waals surface area contributed by atoms with Crippen molar-refractivity contribution in [2.75, 3.05) is 0 Å². The third-order valence-electron chi connectivity index (χ3n) is 5.30. The van der Waals surface area contributed by atoms with Crippen molar-refractivity contribution >= 4 is 29.1 Å². The van der Waals surface area contributed by atoms with Crippen LogP contribution in [0, 0.1) is 25.2 Å². The molecule has 8 heteroatoms. The molecule has 0 bridgehead atoms. The maximum Gasteiger partial charge on any atom is 0.266 e. The van der Waals surface area contributed by atoms with Crippen molar-refractivity contribution in [2.24, 2.45) is 0 Å². The van der Waals surface area contributed by atoms with Crippen LogP contribution in [0.4, 0.5) is 0 Å². The summed E-state index contributed by atoms with van der Waals surface area (Å²) >= 11 is 12.2. The van der Waals surface area contributed by atoms with Crippen molar-refractivity contribution in [1.29, 1.82) is 5.26 Å². The number of aryl methyl sites for hydroxylation is 1. The van der Waals surface area contributed by atoms with E-state index in [1.807, 2.05) is 30.3 Å². The average molecular weight is 469 g/mol. The summed E-state index contributed by atoms with van der Waals surface area (Å²) in [5.74, 6) is -0.0785. The Balaban J connectivity index is 1.83. The highest BCUT2D eigenvalue weighted by Crippen LogP contribution is 2.24. The summed E-state index contributed by atoms with van der Waals surface area (Å²) < 4.78 is 0. The standard InChI is InChI=1S/C24H22Cl2N4O2/c1-15-19(16(2)29-24(32)20(15)12-27)7-9-23(31)30(14-18-5-3-4-10-28-18)13-17-6-8-21(25)22(26)11-17/h3-6,8,10-11H,7,9,13-14H2,1-2H3,(H,29,32). The number of aromatic nitrogens is 2. The van der Waals surface area contributed by atoms with Gasteiger partial charge in [-0.2, -0.15) is 5.26 Å². The number of benzene rings is 1. The number of carbonyl (C=O) groups excluding carboxylic acids is 1. The summed E-state index contributed by atoms with van der Waals surface area (Å²) in [5, 5.41) is 10.2. The molecule has 2 heterocycles. The molecule has 0 fully saturated rings. The highest BCUT2D eigenvalue weighted by Gasteiger charge is 2.18. The molecule has 0 unspecified atom stereocenters. The Kier molecular flexibility index (Phi) is 7.68. The van der Waals surface area contributed by atoms with Gasteiger partial charge in [-0.05, 0) is 61.2 Å². The summed E-state index contributed by atoms with van der Waals surface area (Å²) in [6, 6.07) is 12.8. The third kappa shape index (κ3) is 5.56. The minimum atomic E-state index is -0.408. The summed E-state index contributed by atoms with van der Waals surface area (Å²) in [6.45, 7) is 4.20. The van der Waals surface area contributed by atoms with Crippen LogP contribution in [0.1, 0.15) is 40.1 Å². The van der Waals surface area contributed by atoms with E-state index in [2.05, 4.69) is 9.97 Å². The molecular weight excluding hydrogens is 447 g/mol. The van der Waals surface area contributed by atoms with E-state index >= 15 is 0 Å². The molecule has 3 aromatic rings. The minimum Gasteiger partial charge on any atom is -0.332 e. The molecule has 0 saturated heterocycles. The maximum absolute atomic E-state index is 13.2. The van der Waals surface area contributed by atoms with Crippen LogP contribution in [-0.4, -0.2) is 20.8 Å². The predicted octanol–water partition coefficient (Wildman–Crippen LogP) is 4.73. The fourth-order valence-corrected chi connectivity index (χ4v) is 3.91. The van der Waals surface area contributed by atoms with E-state index in [0.29, 0.717) is 40.8 Å². The number of amides is 1. The van der Waals surface area contributed by atoms with Crippen LogP contribution in [-0.2, 0) is 24.3 Å². The van der Waals surface area contributed by atoms with Gasteiger partial charge in [0.15, 0.2) is 0 Å². The fraction of sp³-hybridized carbons (Fsp3) is 0.250. The number of pyridine rings is 2. The fourth-order valence-electron chi connectivity index (χ4n) is 3.59. The van der Waals surface area contributed by atoms with Gasteiger partial charge in [-0.15, -0.1) is 0 Å². The largest absolute Gasteiger partial charge is 0.332 e. The zero-order valence-corrected chi connectivity index (χ0v) is 19.3. The molecule has 164 valence electrons. The molecule has 3 rings (SSSR count). The van der Waals surface area contributed by atoms with Crippen molar-refractivity contribution < 1.29 is 4.79 Å². The van der Waals surface area contributed by atoms with E-state index in [9.17, 15) is 14.9 Å². The van der Waals surface area contributed by atoms with E-state index < -0.39 is 5.56 Å². The van der Waals surface area contributed by atoms with E-state index in [1.165, 1.54) is 0 Å².